The molecule has 0 aromatic heterocycles. The highest BCUT2D eigenvalue weighted by Crippen LogP contribution is 2.51. The lowest BCUT2D eigenvalue weighted by Crippen LogP contribution is -2.42. The Morgan fingerprint density at radius 3 is 1.86 bits per heavy atom. The summed E-state index contributed by atoms with van der Waals surface area (Å²) in [5.74, 6) is -0.194. The van der Waals surface area contributed by atoms with Gasteiger partial charge in [-0.15, -0.1) is 13.2 Å². The van der Waals surface area contributed by atoms with Crippen LogP contribution in [-0.2, 0) is 25.1 Å². The van der Waals surface area contributed by atoms with E-state index in [0.29, 0.717) is 24.7 Å². The van der Waals surface area contributed by atoms with Crippen LogP contribution in [0.25, 0.3) is 12.2 Å². The van der Waals surface area contributed by atoms with Crippen molar-refractivity contribution in [2.24, 2.45) is 5.92 Å². The monoisotopic (exact) mass is 524 g/mol. The molecule has 0 atom stereocenters. The molecule has 4 nitrogen and oxygen atoms in total. The SMILES string of the molecule is CCC12COC(C3CCC(c4ccc(/C=C/c5ccc(C(F)(F)OC(F)(F)F)cc5)cc4)CC3)(OC1)O2. The molecule has 0 amide bonds. The molecular formula is C28H29F5O4. The lowest BCUT2D eigenvalue weighted by molar-refractivity contribution is -0.431. The fraction of sp³-hybridized carbons (Fsp3) is 0.500. The molecule has 2 aromatic carbocycles. The molecule has 37 heavy (non-hydrogen) atoms. The first-order valence-corrected chi connectivity index (χ1v) is 12.5. The third kappa shape index (κ3) is 5.60. The van der Waals surface area contributed by atoms with Gasteiger partial charge in [0.05, 0.1) is 18.8 Å². The van der Waals surface area contributed by atoms with Gasteiger partial charge in [-0.2, -0.15) is 8.78 Å². The fourth-order valence-corrected chi connectivity index (χ4v) is 5.41. The van der Waals surface area contributed by atoms with Crippen molar-refractivity contribution in [1.29, 1.82) is 0 Å². The Hall–Kier alpha value is -2.33. The highest BCUT2D eigenvalue weighted by Gasteiger charge is 2.61. The van der Waals surface area contributed by atoms with Gasteiger partial charge in [0, 0.05) is 5.92 Å². The van der Waals surface area contributed by atoms with Crippen LogP contribution in [0.4, 0.5) is 22.0 Å². The zero-order valence-corrected chi connectivity index (χ0v) is 20.4. The zero-order chi connectivity index (χ0) is 26.3. The summed E-state index contributed by atoms with van der Waals surface area (Å²) < 4.78 is 84.9. The summed E-state index contributed by atoms with van der Waals surface area (Å²) in [5, 5.41) is 0. The molecule has 0 unspecified atom stereocenters. The molecule has 2 bridgehead atoms. The highest BCUT2D eigenvalue weighted by atomic mass is 19.4. The summed E-state index contributed by atoms with van der Waals surface area (Å²) in [4.78, 5) is 0. The van der Waals surface area contributed by atoms with Crippen molar-refractivity contribution < 1.29 is 40.9 Å². The van der Waals surface area contributed by atoms with Crippen molar-refractivity contribution in [2.75, 3.05) is 13.2 Å². The van der Waals surface area contributed by atoms with Crippen LogP contribution in [0, 0.1) is 5.92 Å². The summed E-state index contributed by atoms with van der Waals surface area (Å²) in [5.41, 5.74) is 1.61. The highest BCUT2D eigenvalue weighted by molar-refractivity contribution is 5.69. The molecule has 0 N–H and O–H groups in total. The van der Waals surface area contributed by atoms with Crippen molar-refractivity contribution in [3.8, 4) is 0 Å². The maximum Gasteiger partial charge on any atom is 0.527 e. The van der Waals surface area contributed by atoms with E-state index in [1.54, 1.807) is 6.08 Å². The lowest BCUT2D eigenvalue weighted by Gasteiger charge is -2.37. The van der Waals surface area contributed by atoms with Gasteiger partial charge in [0.15, 0.2) is 0 Å². The van der Waals surface area contributed by atoms with Crippen molar-refractivity contribution in [1.82, 2.24) is 0 Å². The average Bonchev–Trinajstić information content (AvgIpc) is 3.45. The molecule has 200 valence electrons. The molecule has 0 spiro atoms. The second kappa shape index (κ2) is 9.76. The summed E-state index contributed by atoms with van der Waals surface area (Å²) in [7, 11) is 0. The molecule has 2 aromatic rings. The summed E-state index contributed by atoms with van der Waals surface area (Å²) in [6.45, 7) is 3.29. The topological polar surface area (TPSA) is 36.9 Å². The Kier molecular flexibility index (Phi) is 6.94. The van der Waals surface area contributed by atoms with Gasteiger partial charge in [-0.05, 0) is 66.8 Å². The van der Waals surface area contributed by atoms with E-state index < -0.39 is 24.0 Å². The predicted molar refractivity (Wildman–Crippen MR) is 126 cm³/mol. The standard InChI is InChI=1S/C28H29F5O4/c1-2-25-17-34-27(36-25,35-18-25)24-15-11-22(12-16-24)21-9-5-19(6-10-21)3-4-20-7-13-23(14-8-20)26(29,30)37-28(31,32)33/h3-10,13-14,22,24H,2,11-12,15-18H2,1H3/b4-3+. The Bertz CT molecular complexity index is 1090. The van der Waals surface area contributed by atoms with Gasteiger partial charge in [0.2, 0.25) is 0 Å². The normalized spacial score (nSPS) is 30.3. The van der Waals surface area contributed by atoms with E-state index in [1.807, 2.05) is 18.2 Å². The first-order valence-electron chi connectivity index (χ1n) is 12.5. The molecular weight excluding hydrogens is 495 g/mol. The molecule has 3 fully saturated rings. The number of rotatable bonds is 7. The minimum Gasteiger partial charge on any atom is -0.324 e. The summed E-state index contributed by atoms with van der Waals surface area (Å²) >= 11 is 0. The number of halogens is 5. The summed E-state index contributed by atoms with van der Waals surface area (Å²) in [6.07, 6.45) is -1.49. The van der Waals surface area contributed by atoms with Crippen LogP contribution in [0.2, 0.25) is 0 Å². The molecule has 0 radical (unpaired) electrons. The van der Waals surface area contributed by atoms with Crippen molar-refractivity contribution in [2.45, 2.75) is 69.0 Å². The van der Waals surface area contributed by atoms with Crippen molar-refractivity contribution >= 4 is 12.2 Å². The van der Waals surface area contributed by atoms with Crippen LogP contribution in [-0.4, -0.2) is 31.2 Å². The molecule has 5 rings (SSSR count). The second-order valence-corrected chi connectivity index (χ2v) is 10.1. The lowest BCUT2D eigenvalue weighted by atomic mass is 9.77. The van der Waals surface area contributed by atoms with Crippen LogP contribution in [0.3, 0.4) is 0 Å². The molecule has 1 aliphatic carbocycles. The number of benzene rings is 2. The predicted octanol–water partition coefficient (Wildman–Crippen LogP) is 7.60. The molecule has 2 aliphatic heterocycles. The first kappa shape index (κ1) is 26.3. The third-order valence-electron chi connectivity index (χ3n) is 7.67. The molecule has 1 saturated carbocycles. The number of alkyl halides is 5. The molecule has 2 heterocycles. The smallest absolute Gasteiger partial charge is 0.324 e. The fourth-order valence-electron chi connectivity index (χ4n) is 5.41. The van der Waals surface area contributed by atoms with Crippen LogP contribution in [0.5, 0.6) is 0 Å². The van der Waals surface area contributed by atoms with Gasteiger partial charge in [-0.25, -0.2) is 4.74 Å². The third-order valence-corrected chi connectivity index (χ3v) is 7.67. The Labute approximate surface area is 212 Å². The van der Waals surface area contributed by atoms with Crippen molar-refractivity contribution in [3.63, 3.8) is 0 Å². The first-order chi connectivity index (χ1) is 17.5. The van der Waals surface area contributed by atoms with Gasteiger partial charge in [0.1, 0.15) is 5.60 Å². The molecule has 3 aliphatic rings. The van der Waals surface area contributed by atoms with Crippen LogP contribution < -0.4 is 0 Å². The van der Waals surface area contributed by atoms with Gasteiger partial charge >= 0.3 is 12.5 Å². The molecule has 2 saturated heterocycles. The van der Waals surface area contributed by atoms with Gasteiger partial charge in [-0.1, -0.05) is 55.5 Å². The van der Waals surface area contributed by atoms with E-state index >= 15 is 0 Å². The van der Waals surface area contributed by atoms with E-state index in [9.17, 15) is 22.0 Å². The largest absolute Gasteiger partial charge is 0.527 e. The Morgan fingerprint density at radius 1 is 0.838 bits per heavy atom. The number of hydrogen-bond acceptors (Lipinski definition) is 4. The zero-order valence-electron chi connectivity index (χ0n) is 20.4. The number of ether oxygens (including phenoxy) is 4. The van der Waals surface area contributed by atoms with E-state index in [0.717, 1.165) is 49.8 Å². The van der Waals surface area contributed by atoms with E-state index in [2.05, 4.69) is 23.8 Å². The van der Waals surface area contributed by atoms with Gasteiger partial charge in [0.25, 0.3) is 5.97 Å². The van der Waals surface area contributed by atoms with E-state index in [-0.39, 0.29) is 11.5 Å². The minimum absolute atomic E-state index is 0.230. The second-order valence-electron chi connectivity index (χ2n) is 10.1. The maximum atomic E-state index is 13.6. The van der Waals surface area contributed by atoms with Crippen LogP contribution >= 0.6 is 0 Å². The number of fused-ring (bicyclic) bond motifs is 2. The van der Waals surface area contributed by atoms with Crippen molar-refractivity contribution in [3.05, 3.63) is 70.8 Å². The maximum absolute atomic E-state index is 13.6. The van der Waals surface area contributed by atoms with Crippen LogP contribution in [0.15, 0.2) is 48.5 Å². The van der Waals surface area contributed by atoms with Gasteiger partial charge in [-0.3, -0.25) is 0 Å². The quantitative estimate of drug-likeness (QED) is 0.276. The average molecular weight is 525 g/mol. The van der Waals surface area contributed by atoms with Crippen LogP contribution in [0.1, 0.15) is 67.2 Å². The number of hydrogen-bond donors (Lipinski definition) is 0. The van der Waals surface area contributed by atoms with Gasteiger partial charge < -0.3 is 14.2 Å². The van der Waals surface area contributed by atoms with E-state index in [1.165, 1.54) is 17.7 Å². The Balaban J connectivity index is 1.15. The Morgan fingerprint density at radius 2 is 1.38 bits per heavy atom. The minimum atomic E-state index is -5.43. The summed E-state index contributed by atoms with van der Waals surface area (Å²) in [6, 6.07) is 12.7. The molecule has 9 heteroatoms. The van der Waals surface area contributed by atoms with E-state index in [4.69, 9.17) is 14.2 Å².